The van der Waals surface area contributed by atoms with Gasteiger partial charge in [0.1, 0.15) is 5.75 Å². The molecule has 1 heterocycles. The van der Waals surface area contributed by atoms with E-state index in [1.165, 1.54) is 27.7 Å². The van der Waals surface area contributed by atoms with E-state index in [4.69, 9.17) is 4.74 Å². The average molecular weight is 232 g/mol. The average Bonchev–Trinajstić information content (AvgIpc) is 2.57. The Kier molecular flexibility index (Phi) is 3.11. The van der Waals surface area contributed by atoms with Crippen LogP contribution in [0.2, 0.25) is 0 Å². The van der Waals surface area contributed by atoms with Crippen molar-refractivity contribution in [2.24, 2.45) is 7.05 Å². The van der Waals surface area contributed by atoms with Crippen LogP contribution in [0.4, 0.5) is 0 Å². The fourth-order valence-corrected chi connectivity index (χ4v) is 2.50. The van der Waals surface area contributed by atoms with Crippen LogP contribution in [0.5, 0.6) is 5.75 Å². The molecule has 0 aliphatic rings. The van der Waals surface area contributed by atoms with Gasteiger partial charge in [-0.05, 0) is 38.1 Å². The van der Waals surface area contributed by atoms with Crippen LogP contribution in [0.3, 0.4) is 0 Å². The normalized spacial score (nSPS) is 11.1. The molecule has 0 aliphatic heterocycles. The Labute approximate surface area is 102 Å². The Balaban J connectivity index is 2.87. The van der Waals surface area contributed by atoms with Crippen molar-refractivity contribution in [3.05, 3.63) is 29.0 Å². The lowest BCUT2D eigenvalue weighted by Crippen LogP contribution is -2.06. The third kappa shape index (κ3) is 1.71. The zero-order valence-corrected chi connectivity index (χ0v) is 11.2. The Morgan fingerprint density at radius 1 is 1.29 bits per heavy atom. The molecular weight excluding hydrogens is 212 g/mol. The highest BCUT2D eigenvalue weighted by atomic mass is 16.5. The highest BCUT2D eigenvalue weighted by Crippen LogP contribution is 2.34. The molecule has 17 heavy (non-hydrogen) atoms. The second-order valence-electron chi connectivity index (χ2n) is 4.46. The largest absolute Gasteiger partial charge is 0.495 e. The number of rotatable bonds is 3. The summed E-state index contributed by atoms with van der Waals surface area (Å²) in [6, 6.07) is 4.17. The standard InChI is InChI=1S/C14H20N2O/c1-9-6-7-12(17-5)14-13(9)11(8-15-3)10(2)16(14)4/h6-7,15H,8H2,1-5H3. The summed E-state index contributed by atoms with van der Waals surface area (Å²) in [4.78, 5) is 0. The number of aromatic nitrogens is 1. The Hall–Kier alpha value is -1.48. The van der Waals surface area contributed by atoms with Crippen LogP contribution in [0.15, 0.2) is 12.1 Å². The molecule has 0 spiro atoms. The van der Waals surface area contributed by atoms with Gasteiger partial charge >= 0.3 is 0 Å². The lowest BCUT2D eigenvalue weighted by Gasteiger charge is -2.07. The molecule has 3 nitrogen and oxygen atoms in total. The van der Waals surface area contributed by atoms with E-state index in [0.29, 0.717) is 0 Å². The number of nitrogens with zero attached hydrogens (tertiary/aromatic N) is 1. The molecule has 3 heteroatoms. The summed E-state index contributed by atoms with van der Waals surface area (Å²) in [5.74, 6) is 0.943. The van der Waals surface area contributed by atoms with E-state index in [-0.39, 0.29) is 0 Å². The third-order valence-electron chi connectivity index (χ3n) is 3.50. The number of hydrogen-bond donors (Lipinski definition) is 1. The van der Waals surface area contributed by atoms with Crippen molar-refractivity contribution in [3.8, 4) is 5.75 Å². The third-order valence-corrected chi connectivity index (χ3v) is 3.50. The molecule has 2 rings (SSSR count). The van der Waals surface area contributed by atoms with Gasteiger partial charge in [-0.1, -0.05) is 6.07 Å². The van der Waals surface area contributed by atoms with Crippen LogP contribution in [-0.4, -0.2) is 18.7 Å². The second-order valence-corrected chi connectivity index (χ2v) is 4.46. The number of nitrogens with one attached hydrogen (secondary N) is 1. The molecule has 1 aromatic heterocycles. The molecule has 0 radical (unpaired) electrons. The van der Waals surface area contributed by atoms with Crippen molar-refractivity contribution in [2.45, 2.75) is 20.4 Å². The molecule has 0 fully saturated rings. The van der Waals surface area contributed by atoms with E-state index in [1.54, 1.807) is 7.11 Å². The van der Waals surface area contributed by atoms with E-state index in [1.807, 2.05) is 13.1 Å². The molecular formula is C14H20N2O. The number of aryl methyl sites for hydroxylation is 2. The summed E-state index contributed by atoms with van der Waals surface area (Å²) in [6.07, 6.45) is 0. The van der Waals surface area contributed by atoms with Crippen molar-refractivity contribution in [1.29, 1.82) is 0 Å². The molecule has 0 bridgehead atoms. The summed E-state index contributed by atoms with van der Waals surface area (Å²) in [7, 11) is 5.80. The summed E-state index contributed by atoms with van der Waals surface area (Å²) in [6.45, 7) is 5.20. The summed E-state index contributed by atoms with van der Waals surface area (Å²) in [5.41, 5.74) is 5.15. The molecule has 0 amide bonds. The van der Waals surface area contributed by atoms with E-state index in [2.05, 4.69) is 36.8 Å². The van der Waals surface area contributed by atoms with Crippen LogP contribution in [-0.2, 0) is 13.6 Å². The van der Waals surface area contributed by atoms with Gasteiger partial charge in [0.15, 0.2) is 0 Å². The SMILES string of the molecule is CNCc1c(C)n(C)c2c(OC)ccc(C)c12. The maximum Gasteiger partial charge on any atom is 0.143 e. The van der Waals surface area contributed by atoms with Crippen molar-refractivity contribution < 1.29 is 4.74 Å². The van der Waals surface area contributed by atoms with Crippen LogP contribution in [0.25, 0.3) is 10.9 Å². The minimum Gasteiger partial charge on any atom is -0.495 e. The molecule has 0 atom stereocenters. The molecule has 92 valence electrons. The zero-order valence-electron chi connectivity index (χ0n) is 11.2. The zero-order chi connectivity index (χ0) is 12.6. The van der Waals surface area contributed by atoms with Gasteiger partial charge in [0, 0.05) is 24.7 Å². The van der Waals surface area contributed by atoms with Crippen LogP contribution in [0.1, 0.15) is 16.8 Å². The highest BCUT2D eigenvalue weighted by Gasteiger charge is 2.16. The maximum absolute atomic E-state index is 5.47. The quantitative estimate of drug-likeness (QED) is 0.880. The smallest absolute Gasteiger partial charge is 0.143 e. The lowest BCUT2D eigenvalue weighted by molar-refractivity contribution is 0.417. The van der Waals surface area contributed by atoms with Crippen LogP contribution < -0.4 is 10.1 Å². The molecule has 2 aromatic rings. The topological polar surface area (TPSA) is 26.2 Å². The van der Waals surface area contributed by atoms with Gasteiger partial charge in [0.2, 0.25) is 0 Å². The molecule has 0 saturated heterocycles. The van der Waals surface area contributed by atoms with Crippen molar-refractivity contribution in [2.75, 3.05) is 14.2 Å². The van der Waals surface area contributed by atoms with Gasteiger partial charge in [-0.15, -0.1) is 0 Å². The minimum absolute atomic E-state index is 0.886. The lowest BCUT2D eigenvalue weighted by atomic mass is 10.1. The number of benzene rings is 1. The Morgan fingerprint density at radius 2 is 2.00 bits per heavy atom. The Morgan fingerprint density at radius 3 is 2.59 bits per heavy atom. The highest BCUT2D eigenvalue weighted by molar-refractivity contribution is 5.93. The fraction of sp³-hybridized carbons (Fsp3) is 0.429. The van der Waals surface area contributed by atoms with Crippen LogP contribution >= 0.6 is 0 Å². The van der Waals surface area contributed by atoms with E-state index >= 15 is 0 Å². The van der Waals surface area contributed by atoms with Gasteiger partial charge in [0.25, 0.3) is 0 Å². The van der Waals surface area contributed by atoms with Crippen LogP contribution in [0, 0.1) is 13.8 Å². The first kappa shape index (κ1) is 12.0. The summed E-state index contributed by atoms with van der Waals surface area (Å²) >= 11 is 0. The minimum atomic E-state index is 0.886. The number of ether oxygens (including phenoxy) is 1. The predicted octanol–water partition coefficient (Wildman–Crippen LogP) is 2.52. The van der Waals surface area contributed by atoms with Gasteiger partial charge in [-0.3, -0.25) is 0 Å². The van der Waals surface area contributed by atoms with E-state index in [9.17, 15) is 0 Å². The molecule has 0 unspecified atom stereocenters. The molecule has 0 saturated carbocycles. The van der Waals surface area contributed by atoms with Gasteiger partial charge in [-0.2, -0.15) is 0 Å². The first-order valence-corrected chi connectivity index (χ1v) is 5.87. The molecule has 0 aliphatic carbocycles. The first-order valence-electron chi connectivity index (χ1n) is 5.87. The van der Waals surface area contributed by atoms with E-state index < -0.39 is 0 Å². The first-order chi connectivity index (χ1) is 8.11. The Bertz CT molecular complexity index is 555. The monoisotopic (exact) mass is 232 g/mol. The summed E-state index contributed by atoms with van der Waals surface area (Å²) < 4.78 is 7.68. The number of hydrogen-bond acceptors (Lipinski definition) is 2. The maximum atomic E-state index is 5.47. The second kappa shape index (κ2) is 4.41. The number of methoxy groups -OCH3 is 1. The van der Waals surface area contributed by atoms with E-state index in [0.717, 1.165) is 12.3 Å². The molecule has 1 N–H and O–H groups in total. The van der Waals surface area contributed by atoms with Crippen molar-refractivity contribution in [1.82, 2.24) is 9.88 Å². The van der Waals surface area contributed by atoms with Gasteiger partial charge < -0.3 is 14.6 Å². The van der Waals surface area contributed by atoms with Crippen molar-refractivity contribution >= 4 is 10.9 Å². The van der Waals surface area contributed by atoms with Gasteiger partial charge in [-0.25, -0.2) is 0 Å². The van der Waals surface area contributed by atoms with Gasteiger partial charge in [0.05, 0.1) is 12.6 Å². The summed E-state index contributed by atoms with van der Waals surface area (Å²) in [5, 5.41) is 4.56. The predicted molar refractivity (Wildman–Crippen MR) is 71.7 cm³/mol. The fourth-order valence-electron chi connectivity index (χ4n) is 2.50. The van der Waals surface area contributed by atoms with Crippen molar-refractivity contribution in [3.63, 3.8) is 0 Å². The number of fused-ring (bicyclic) bond motifs is 1. The molecule has 1 aromatic carbocycles.